The van der Waals surface area contributed by atoms with Crippen molar-refractivity contribution >= 4 is 11.9 Å². The molecule has 2 rings (SSSR count). The van der Waals surface area contributed by atoms with Crippen LogP contribution in [0.15, 0.2) is 29.8 Å². The van der Waals surface area contributed by atoms with Gasteiger partial charge in [0, 0.05) is 5.57 Å². The molecule has 1 aromatic rings. The normalized spacial score (nSPS) is 22.8. The van der Waals surface area contributed by atoms with Crippen molar-refractivity contribution in [1.29, 1.82) is 0 Å². The van der Waals surface area contributed by atoms with Crippen molar-refractivity contribution in [3.05, 3.63) is 35.4 Å². The average molecular weight is 260 g/mol. The van der Waals surface area contributed by atoms with Gasteiger partial charge in [0.2, 0.25) is 0 Å². The van der Waals surface area contributed by atoms with Gasteiger partial charge in [0.15, 0.2) is 5.78 Å². The first-order valence-corrected chi connectivity index (χ1v) is 6.37. The molecule has 1 aliphatic rings. The number of Topliss-reactive ketones (excluding diaryl/α,β-unsaturated/α-hetero) is 1. The maximum Gasteiger partial charge on any atom is 0.192 e. The number of hydrogen-bond acceptors (Lipinski definition) is 3. The number of methoxy groups -OCH3 is 1. The van der Waals surface area contributed by atoms with E-state index in [1.165, 1.54) is 0 Å². The third-order valence-corrected chi connectivity index (χ3v) is 3.38. The third-order valence-electron chi connectivity index (χ3n) is 3.38. The highest BCUT2D eigenvalue weighted by molar-refractivity contribution is 6.08. The van der Waals surface area contributed by atoms with Crippen molar-refractivity contribution in [3.63, 3.8) is 0 Å². The Morgan fingerprint density at radius 1 is 1.05 bits per heavy atom. The zero-order valence-electron chi connectivity index (χ0n) is 12.1. The highest BCUT2D eigenvalue weighted by Gasteiger charge is 2.49. The van der Waals surface area contributed by atoms with Crippen LogP contribution in [0, 0.1) is 0 Å². The molecule has 1 heterocycles. The third kappa shape index (κ3) is 2.56. The van der Waals surface area contributed by atoms with Gasteiger partial charge in [-0.1, -0.05) is 12.1 Å². The number of benzene rings is 1. The second-order valence-electron chi connectivity index (χ2n) is 5.78. The smallest absolute Gasteiger partial charge is 0.192 e. The van der Waals surface area contributed by atoms with Gasteiger partial charge >= 0.3 is 0 Å². The zero-order chi connectivity index (χ0) is 14.3. The molecule has 0 aliphatic carbocycles. The Balaban J connectivity index is 2.38. The minimum atomic E-state index is -0.748. The van der Waals surface area contributed by atoms with Crippen LogP contribution in [0.5, 0.6) is 5.75 Å². The van der Waals surface area contributed by atoms with Crippen LogP contribution in [-0.4, -0.2) is 24.1 Å². The molecule has 0 aromatic heterocycles. The fourth-order valence-electron chi connectivity index (χ4n) is 2.44. The van der Waals surface area contributed by atoms with E-state index >= 15 is 0 Å². The van der Waals surface area contributed by atoms with Crippen LogP contribution in [0.3, 0.4) is 0 Å². The molecule has 102 valence electrons. The number of rotatable bonds is 2. The number of carbonyl (C=O) groups excluding carboxylic acids is 1. The van der Waals surface area contributed by atoms with Crippen molar-refractivity contribution in [3.8, 4) is 5.75 Å². The van der Waals surface area contributed by atoms with Crippen molar-refractivity contribution in [2.45, 2.75) is 38.9 Å². The van der Waals surface area contributed by atoms with Crippen molar-refractivity contribution in [2.24, 2.45) is 0 Å². The summed E-state index contributed by atoms with van der Waals surface area (Å²) in [5.74, 6) is 0.851. The van der Waals surface area contributed by atoms with Crippen LogP contribution in [0.2, 0.25) is 0 Å². The Bertz CT molecular complexity index is 521. The molecule has 3 nitrogen and oxygen atoms in total. The fourth-order valence-corrected chi connectivity index (χ4v) is 2.44. The van der Waals surface area contributed by atoms with E-state index in [1.54, 1.807) is 7.11 Å². The van der Waals surface area contributed by atoms with Gasteiger partial charge < -0.3 is 9.47 Å². The minimum Gasteiger partial charge on any atom is -0.497 e. The van der Waals surface area contributed by atoms with E-state index in [0.717, 1.165) is 11.3 Å². The Labute approximate surface area is 114 Å². The Morgan fingerprint density at radius 2 is 1.63 bits per heavy atom. The van der Waals surface area contributed by atoms with Crippen LogP contribution in [0.25, 0.3) is 6.08 Å². The maximum absolute atomic E-state index is 12.4. The summed E-state index contributed by atoms with van der Waals surface area (Å²) in [6.07, 6.45) is 1.90. The van der Waals surface area contributed by atoms with Crippen LogP contribution < -0.4 is 4.74 Å². The summed E-state index contributed by atoms with van der Waals surface area (Å²) in [4.78, 5) is 12.4. The van der Waals surface area contributed by atoms with Crippen molar-refractivity contribution < 1.29 is 14.3 Å². The lowest BCUT2D eigenvalue weighted by Gasteiger charge is -2.22. The summed E-state index contributed by atoms with van der Waals surface area (Å²) in [5.41, 5.74) is 0.378. The van der Waals surface area contributed by atoms with E-state index in [9.17, 15) is 4.79 Å². The van der Waals surface area contributed by atoms with E-state index in [4.69, 9.17) is 9.47 Å². The molecule has 19 heavy (non-hydrogen) atoms. The second-order valence-corrected chi connectivity index (χ2v) is 5.78. The molecule has 0 bridgehead atoms. The first kappa shape index (κ1) is 13.8. The van der Waals surface area contributed by atoms with E-state index in [-0.39, 0.29) is 5.78 Å². The van der Waals surface area contributed by atoms with Crippen LogP contribution >= 0.6 is 0 Å². The van der Waals surface area contributed by atoms with Gasteiger partial charge in [0.25, 0.3) is 0 Å². The molecular formula is C16H20O3. The number of carbonyl (C=O) groups is 1. The van der Waals surface area contributed by atoms with E-state index in [0.29, 0.717) is 5.57 Å². The van der Waals surface area contributed by atoms with Gasteiger partial charge in [-0.05, 0) is 51.5 Å². The first-order chi connectivity index (χ1) is 8.76. The van der Waals surface area contributed by atoms with E-state index in [1.807, 2.05) is 58.0 Å². The molecule has 0 saturated carbocycles. The summed E-state index contributed by atoms with van der Waals surface area (Å²) in [6, 6.07) is 7.62. The lowest BCUT2D eigenvalue weighted by atomic mass is 9.91. The molecule has 1 fully saturated rings. The Morgan fingerprint density at radius 3 is 2.05 bits per heavy atom. The Hall–Kier alpha value is -1.61. The molecule has 1 aromatic carbocycles. The number of ether oxygens (including phenoxy) is 2. The van der Waals surface area contributed by atoms with Crippen LogP contribution in [-0.2, 0) is 9.53 Å². The average Bonchev–Trinajstić information content (AvgIpc) is 2.48. The predicted octanol–water partition coefficient (Wildman–Crippen LogP) is 3.24. The SMILES string of the molecule is COc1ccc(/C=C2/C(=O)C(C)(C)OC2(C)C)cc1. The molecular weight excluding hydrogens is 240 g/mol. The fraction of sp³-hybridized carbons (Fsp3) is 0.438. The van der Waals surface area contributed by atoms with Crippen LogP contribution in [0.4, 0.5) is 0 Å². The molecule has 3 heteroatoms. The molecule has 1 aliphatic heterocycles. The van der Waals surface area contributed by atoms with Crippen LogP contribution in [0.1, 0.15) is 33.3 Å². The van der Waals surface area contributed by atoms with E-state index in [2.05, 4.69) is 0 Å². The lowest BCUT2D eigenvalue weighted by molar-refractivity contribution is -0.132. The Kier molecular flexibility index (Phi) is 3.27. The molecule has 0 atom stereocenters. The molecule has 0 radical (unpaired) electrons. The quantitative estimate of drug-likeness (QED) is 0.766. The summed E-state index contributed by atoms with van der Waals surface area (Å²) in [5, 5.41) is 0. The van der Waals surface area contributed by atoms with Gasteiger partial charge in [-0.3, -0.25) is 4.79 Å². The number of hydrogen-bond donors (Lipinski definition) is 0. The second kappa shape index (κ2) is 4.49. The predicted molar refractivity (Wildman–Crippen MR) is 75.2 cm³/mol. The minimum absolute atomic E-state index is 0.0494. The molecule has 0 N–H and O–H groups in total. The highest BCUT2D eigenvalue weighted by atomic mass is 16.5. The summed E-state index contributed by atoms with van der Waals surface area (Å²) in [6.45, 7) is 7.47. The van der Waals surface area contributed by atoms with Gasteiger partial charge in [0.1, 0.15) is 11.4 Å². The summed E-state index contributed by atoms with van der Waals surface area (Å²) < 4.78 is 11.0. The standard InChI is InChI=1S/C16H20O3/c1-15(2)13(14(17)16(3,4)19-15)10-11-6-8-12(18-5)9-7-11/h6-10H,1-5H3/b13-10-. The largest absolute Gasteiger partial charge is 0.497 e. The summed E-state index contributed by atoms with van der Waals surface area (Å²) >= 11 is 0. The topological polar surface area (TPSA) is 35.5 Å². The van der Waals surface area contributed by atoms with Crippen molar-refractivity contribution in [1.82, 2.24) is 0 Å². The number of ketones is 1. The molecule has 0 unspecified atom stereocenters. The first-order valence-electron chi connectivity index (χ1n) is 6.37. The molecule has 0 spiro atoms. The summed E-state index contributed by atoms with van der Waals surface area (Å²) in [7, 11) is 1.63. The maximum atomic E-state index is 12.4. The highest BCUT2D eigenvalue weighted by Crippen LogP contribution is 2.39. The van der Waals surface area contributed by atoms with E-state index < -0.39 is 11.2 Å². The van der Waals surface area contributed by atoms with Crippen molar-refractivity contribution in [2.75, 3.05) is 7.11 Å². The van der Waals surface area contributed by atoms with Gasteiger partial charge in [-0.15, -0.1) is 0 Å². The molecule has 1 saturated heterocycles. The zero-order valence-corrected chi connectivity index (χ0v) is 12.1. The van der Waals surface area contributed by atoms with Gasteiger partial charge in [-0.2, -0.15) is 0 Å². The van der Waals surface area contributed by atoms with Gasteiger partial charge in [-0.25, -0.2) is 0 Å². The molecule has 0 amide bonds. The monoisotopic (exact) mass is 260 g/mol. The van der Waals surface area contributed by atoms with Gasteiger partial charge in [0.05, 0.1) is 12.7 Å². The lowest BCUT2D eigenvalue weighted by Crippen LogP contribution is -2.29.